The molecule has 2 aliphatic rings. The molecule has 0 saturated carbocycles. The Bertz CT molecular complexity index is 700. The van der Waals surface area contributed by atoms with Crippen molar-refractivity contribution in [2.24, 2.45) is 0 Å². The molecule has 2 atom stereocenters. The Balaban J connectivity index is -0.000000490. The quantitative estimate of drug-likeness (QED) is 0.337. The molecule has 0 aromatic rings. The minimum absolute atomic E-state index is 0. The van der Waals surface area contributed by atoms with Crippen LogP contribution in [0.1, 0.15) is 54.4 Å². The van der Waals surface area contributed by atoms with E-state index in [1.54, 1.807) is 4.90 Å². The van der Waals surface area contributed by atoms with E-state index in [9.17, 15) is 14.7 Å². The van der Waals surface area contributed by atoms with Crippen molar-refractivity contribution in [2.75, 3.05) is 38.1 Å². The molecule has 2 rings (SSSR count). The number of carbonyl (C=O) groups is 2. The minimum atomic E-state index is -0.454. The van der Waals surface area contributed by atoms with Crippen LogP contribution in [0.3, 0.4) is 0 Å². The summed E-state index contributed by atoms with van der Waals surface area (Å²) in [6.07, 6.45) is 10.4. The van der Waals surface area contributed by atoms with Crippen molar-refractivity contribution in [3.63, 3.8) is 0 Å². The molecule has 2 aliphatic heterocycles. The first-order valence-electron chi connectivity index (χ1n) is 10.9. The Morgan fingerprint density at radius 3 is 1.71 bits per heavy atom. The monoisotopic (exact) mass is 952 g/mol. The van der Waals surface area contributed by atoms with E-state index < -0.39 is 11.2 Å². The summed E-state index contributed by atoms with van der Waals surface area (Å²) in [7, 11) is 0. The van der Waals surface area contributed by atoms with Gasteiger partial charge in [0, 0.05) is 71.8 Å². The number of aliphatic hydroxyl groups excluding tert-OH is 1. The Kier molecular flexibility index (Phi) is 22.3. The maximum absolute atomic E-state index is 11.7. The number of terminal acetylenes is 2. The van der Waals surface area contributed by atoms with Crippen LogP contribution in [-0.2, 0) is 35.3 Å². The molecule has 8 nitrogen and oxygen atoms in total. The number of ether oxygens (including phenoxy) is 3. The standard InChI is InChI=1S/C12H19NO3.C9H17NO3.C3H3Br.U.W/c1-5-8-15-10-6-7-13(9-10)11(14)16-12(2,3)4;1-9(2,3)13-8(12)10-5-4-7(11)6-10;1-2-3-4;;/h1,10H,6-9H2,2-4H3;7,11H,4-6H2,1-3H3;1H,3H2;;/t10-;7-;;;/m11.../s1. The van der Waals surface area contributed by atoms with Gasteiger partial charge in [0.1, 0.15) is 17.8 Å². The second kappa shape index (κ2) is 19.9. The Labute approximate surface area is 257 Å². The molecule has 198 valence electrons. The molecular weight excluding hydrogens is 914 g/mol. The molecule has 0 aliphatic carbocycles. The first-order chi connectivity index (χ1) is 15.2. The van der Waals surface area contributed by atoms with Gasteiger partial charge in [0.15, 0.2) is 0 Å². The first kappa shape index (κ1) is 39.3. The largest absolute Gasteiger partial charge is 0.444 e. The molecule has 2 heterocycles. The average Bonchev–Trinajstić information content (AvgIpc) is 3.33. The molecule has 2 amide bonds. The molecule has 0 unspecified atom stereocenters. The van der Waals surface area contributed by atoms with Gasteiger partial charge >= 0.3 is 12.2 Å². The smallest absolute Gasteiger partial charge is 0.410 e. The molecule has 0 radical (unpaired) electrons. The third kappa shape index (κ3) is 20.5. The van der Waals surface area contributed by atoms with Crippen LogP contribution in [0.5, 0.6) is 0 Å². The maximum atomic E-state index is 11.7. The normalized spacial score (nSPS) is 18.7. The van der Waals surface area contributed by atoms with Crippen molar-refractivity contribution in [1.29, 1.82) is 0 Å². The molecule has 1 N–H and O–H groups in total. The summed E-state index contributed by atoms with van der Waals surface area (Å²) >= 11 is 3.01. The van der Waals surface area contributed by atoms with Crippen LogP contribution >= 0.6 is 15.9 Å². The number of carbonyl (C=O) groups excluding carboxylic acids is 2. The zero-order valence-corrected chi connectivity index (χ0v) is 30.3. The van der Waals surface area contributed by atoms with Crippen LogP contribution in [0, 0.1) is 55.8 Å². The summed E-state index contributed by atoms with van der Waals surface area (Å²) in [4.78, 5) is 26.3. The van der Waals surface area contributed by atoms with Crippen molar-refractivity contribution in [1.82, 2.24) is 9.80 Å². The van der Waals surface area contributed by atoms with Crippen molar-refractivity contribution < 1.29 is 81.1 Å². The van der Waals surface area contributed by atoms with Gasteiger partial charge in [-0.15, -0.1) is 12.8 Å². The second-order valence-electron chi connectivity index (χ2n) is 9.56. The van der Waals surface area contributed by atoms with Gasteiger partial charge in [-0.25, -0.2) is 9.59 Å². The number of amides is 2. The number of β-amino-alcohol motifs (C(OH)–C–C–N with tert-alkyl or cyclic N) is 1. The van der Waals surface area contributed by atoms with Gasteiger partial charge in [-0.05, 0) is 54.4 Å². The van der Waals surface area contributed by atoms with Crippen molar-refractivity contribution in [2.45, 2.75) is 77.8 Å². The fraction of sp³-hybridized carbons (Fsp3) is 0.750. The van der Waals surface area contributed by atoms with Gasteiger partial charge in [0.25, 0.3) is 0 Å². The number of hydrogen-bond acceptors (Lipinski definition) is 6. The van der Waals surface area contributed by atoms with Crippen LogP contribution < -0.4 is 0 Å². The third-order valence-corrected chi connectivity index (χ3v) is 4.42. The van der Waals surface area contributed by atoms with Crippen LogP contribution in [0.25, 0.3) is 0 Å². The van der Waals surface area contributed by atoms with E-state index in [0.29, 0.717) is 44.5 Å². The van der Waals surface area contributed by atoms with E-state index in [1.807, 2.05) is 41.5 Å². The van der Waals surface area contributed by atoms with E-state index in [2.05, 4.69) is 27.8 Å². The molecule has 2 fully saturated rings. The van der Waals surface area contributed by atoms with Crippen LogP contribution in [0.4, 0.5) is 9.59 Å². The van der Waals surface area contributed by atoms with Crippen molar-refractivity contribution in [3.8, 4) is 24.7 Å². The number of halogens is 1. The van der Waals surface area contributed by atoms with Crippen molar-refractivity contribution in [3.05, 3.63) is 0 Å². The summed E-state index contributed by atoms with van der Waals surface area (Å²) < 4.78 is 15.8. The van der Waals surface area contributed by atoms with Crippen LogP contribution in [0.15, 0.2) is 0 Å². The fourth-order valence-corrected chi connectivity index (χ4v) is 2.76. The predicted octanol–water partition coefficient (Wildman–Crippen LogP) is 3.65. The molecule has 0 spiro atoms. The van der Waals surface area contributed by atoms with Gasteiger partial charge < -0.3 is 29.1 Å². The van der Waals surface area contributed by atoms with Crippen LogP contribution in [-0.4, -0.2) is 88.6 Å². The summed E-state index contributed by atoms with van der Waals surface area (Å²) in [5, 5.41) is 9.86. The molecular formula is C24H39BrN2O6UW. The zero-order chi connectivity index (χ0) is 25.7. The summed E-state index contributed by atoms with van der Waals surface area (Å²) in [6.45, 7) is 13.6. The number of likely N-dealkylation sites (tertiary alicyclic amines) is 2. The SMILES string of the molecule is C#CCBr.C#CCO[C@@H]1CCN(C(=O)OC(C)(C)C)C1.CC(C)(C)OC(=O)N1CC[C@@H](O)C1.[U].[W]. The van der Waals surface area contributed by atoms with E-state index >= 15 is 0 Å². The number of aliphatic hydroxyl groups is 1. The fourth-order valence-electron chi connectivity index (χ4n) is 2.76. The van der Waals surface area contributed by atoms with Crippen LogP contribution in [0.2, 0.25) is 0 Å². The zero-order valence-electron chi connectivity index (χ0n) is 21.6. The van der Waals surface area contributed by atoms with Gasteiger partial charge in [0.2, 0.25) is 0 Å². The first-order valence-corrected chi connectivity index (χ1v) is 12.0. The molecule has 0 aromatic heterocycles. The van der Waals surface area contributed by atoms with Gasteiger partial charge in [0.05, 0.1) is 24.1 Å². The topological polar surface area (TPSA) is 88.5 Å². The van der Waals surface area contributed by atoms with E-state index in [1.165, 1.54) is 4.90 Å². The van der Waals surface area contributed by atoms with E-state index in [4.69, 9.17) is 27.1 Å². The van der Waals surface area contributed by atoms with Gasteiger partial charge in [-0.3, -0.25) is 0 Å². The minimum Gasteiger partial charge on any atom is -0.444 e. The Morgan fingerprint density at radius 1 is 0.943 bits per heavy atom. The Morgan fingerprint density at radius 2 is 1.37 bits per heavy atom. The maximum Gasteiger partial charge on any atom is 0.410 e. The van der Waals surface area contributed by atoms with E-state index in [0.717, 1.165) is 6.42 Å². The van der Waals surface area contributed by atoms with E-state index in [-0.39, 0.29) is 76.6 Å². The molecule has 0 aromatic carbocycles. The molecule has 0 bridgehead atoms. The third-order valence-electron chi connectivity index (χ3n) is 4.09. The predicted molar refractivity (Wildman–Crippen MR) is 132 cm³/mol. The summed E-state index contributed by atoms with van der Waals surface area (Å²) in [6, 6.07) is 0. The number of alkyl halides is 1. The summed E-state index contributed by atoms with van der Waals surface area (Å²) in [5.74, 6) is 4.77. The Hall–Kier alpha value is -0.200. The average molecular weight is 953 g/mol. The molecule has 11 heteroatoms. The second-order valence-corrected chi connectivity index (χ2v) is 10.1. The number of hydrogen-bond donors (Lipinski definition) is 1. The molecule has 35 heavy (non-hydrogen) atoms. The number of nitrogens with zero attached hydrogens (tertiary/aromatic N) is 2. The molecule has 2 saturated heterocycles. The summed E-state index contributed by atoms with van der Waals surface area (Å²) in [5.41, 5.74) is -0.903. The van der Waals surface area contributed by atoms with Gasteiger partial charge in [-0.2, -0.15) is 0 Å². The number of rotatable bonds is 2. The van der Waals surface area contributed by atoms with Gasteiger partial charge in [-0.1, -0.05) is 27.8 Å². The van der Waals surface area contributed by atoms with Crippen molar-refractivity contribution >= 4 is 28.1 Å².